The molecule has 330 valence electrons. The number of hydrogen-bond donors (Lipinski definition) is 0. The number of thiophene rings is 2. The topological polar surface area (TPSA) is 44.8 Å². The van der Waals surface area contributed by atoms with Gasteiger partial charge in [0.25, 0.3) is 0 Å². The van der Waals surface area contributed by atoms with Gasteiger partial charge in [-0.1, -0.05) is 108 Å². The molecule has 4 heterocycles. The van der Waals surface area contributed by atoms with E-state index in [0.29, 0.717) is 28.4 Å². The molecular weight excluding hydrogens is 815 g/mol. The lowest BCUT2D eigenvalue weighted by atomic mass is 9.91. The van der Waals surface area contributed by atoms with Crippen LogP contribution in [0.2, 0.25) is 0 Å². The number of halogens is 2. The summed E-state index contributed by atoms with van der Waals surface area (Å²) in [5.74, 6) is 0.420. The van der Waals surface area contributed by atoms with Crippen molar-refractivity contribution in [1.82, 2.24) is 0 Å². The predicted molar refractivity (Wildman–Crippen MR) is 255 cm³/mol. The standard InChI is InChI=1S/C27H31FO3S.C27H33FOS/c1-3-5-7-18-8-12-21(13-9-18)31-27(29)22-14-11-20-16-24(32-26(20)25(22)28)23-15-10-19(6-4-2)17-30-23;1-3-5-19-7-11-21(12-8-19)25-17-23-15-14-22(26(28)27(23)30-25)13-9-20-10-16-24(6-4-2)29-18-20/h8-9,11-14,16,19,23H,3-7,10,15,17H2,1-2H3;7-8,11-12,14-15,17,20,24H,3-6,9-10,13,16,18H2,1-2H3. The van der Waals surface area contributed by atoms with Gasteiger partial charge in [0.1, 0.15) is 11.6 Å². The number of aryl methyl sites for hydroxylation is 3. The lowest BCUT2D eigenvalue weighted by Gasteiger charge is -2.29. The van der Waals surface area contributed by atoms with Crippen molar-refractivity contribution in [2.75, 3.05) is 13.2 Å². The van der Waals surface area contributed by atoms with Crippen LogP contribution in [-0.2, 0) is 28.7 Å². The van der Waals surface area contributed by atoms with Crippen molar-refractivity contribution >= 4 is 48.8 Å². The van der Waals surface area contributed by atoms with Crippen LogP contribution in [0.5, 0.6) is 5.75 Å². The van der Waals surface area contributed by atoms with Gasteiger partial charge in [-0.25, -0.2) is 13.6 Å². The largest absolute Gasteiger partial charge is 0.423 e. The molecule has 2 aliphatic heterocycles. The number of unbranched alkanes of at least 4 members (excludes halogenated alkanes) is 1. The molecular formula is C54H64F2O4S2. The highest BCUT2D eigenvalue weighted by Gasteiger charge is 2.26. The van der Waals surface area contributed by atoms with Crippen molar-refractivity contribution < 1.29 is 27.8 Å². The summed E-state index contributed by atoms with van der Waals surface area (Å²) in [5, 5.41) is 1.82. The lowest BCUT2D eigenvalue weighted by Crippen LogP contribution is -2.26. The molecule has 4 unspecified atom stereocenters. The highest BCUT2D eigenvalue weighted by Crippen LogP contribution is 2.40. The monoisotopic (exact) mass is 878 g/mol. The Morgan fingerprint density at radius 1 is 0.645 bits per heavy atom. The van der Waals surface area contributed by atoms with Crippen LogP contribution in [0.3, 0.4) is 0 Å². The van der Waals surface area contributed by atoms with Crippen molar-refractivity contribution in [3.63, 3.8) is 0 Å². The maximum atomic E-state index is 15.3. The Labute approximate surface area is 376 Å². The average Bonchev–Trinajstić information content (AvgIpc) is 3.94. The number of hydrogen-bond acceptors (Lipinski definition) is 6. The van der Waals surface area contributed by atoms with E-state index in [0.717, 1.165) is 108 Å². The maximum Gasteiger partial charge on any atom is 0.346 e. The fraction of sp³-hybridized carbons (Fsp3) is 0.463. The first-order valence-electron chi connectivity index (χ1n) is 23.3. The number of fused-ring (bicyclic) bond motifs is 2. The smallest absolute Gasteiger partial charge is 0.346 e. The molecule has 2 aromatic heterocycles. The Morgan fingerprint density at radius 2 is 1.32 bits per heavy atom. The molecule has 0 radical (unpaired) electrons. The van der Waals surface area contributed by atoms with Gasteiger partial charge in [-0.3, -0.25) is 0 Å². The molecule has 0 saturated carbocycles. The quantitative estimate of drug-likeness (QED) is 0.0718. The van der Waals surface area contributed by atoms with Crippen molar-refractivity contribution in [1.29, 1.82) is 0 Å². The van der Waals surface area contributed by atoms with Crippen LogP contribution in [0.4, 0.5) is 8.78 Å². The molecule has 6 aromatic rings. The minimum Gasteiger partial charge on any atom is -0.423 e. The Bertz CT molecular complexity index is 2330. The van der Waals surface area contributed by atoms with Crippen LogP contribution < -0.4 is 4.74 Å². The second-order valence-electron chi connectivity index (χ2n) is 17.4. The zero-order valence-electron chi connectivity index (χ0n) is 37.1. The van der Waals surface area contributed by atoms with E-state index in [9.17, 15) is 4.79 Å². The van der Waals surface area contributed by atoms with Crippen LogP contribution in [0, 0.1) is 23.5 Å². The van der Waals surface area contributed by atoms with Gasteiger partial charge in [-0.15, -0.1) is 22.7 Å². The first-order valence-corrected chi connectivity index (χ1v) is 25.0. The van der Waals surface area contributed by atoms with Crippen molar-refractivity contribution in [3.8, 4) is 16.2 Å². The Balaban J connectivity index is 0.000000187. The number of rotatable bonds is 16. The summed E-state index contributed by atoms with van der Waals surface area (Å²) in [6.07, 6.45) is 17.0. The van der Waals surface area contributed by atoms with E-state index in [4.69, 9.17) is 14.2 Å². The molecule has 62 heavy (non-hydrogen) atoms. The minimum atomic E-state index is -0.669. The van der Waals surface area contributed by atoms with Crippen LogP contribution >= 0.6 is 22.7 Å². The normalized spacial score (nSPS) is 19.1. The van der Waals surface area contributed by atoms with Crippen LogP contribution in [0.1, 0.15) is 143 Å². The minimum absolute atomic E-state index is 0.0153. The molecule has 8 heteroatoms. The van der Waals surface area contributed by atoms with E-state index in [1.54, 1.807) is 29.5 Å². The average molecular weight is 879 g/mol. The number of carbonyl (C=O) groups excluding carboxylic acids is 1. The van der Waals surface area contributed by atoms with E-state index < -0.39 is 11.8 Å². The number of benzene rings is 4. The maximum absolute atomic E-state index is 15.3. The number of ether oxygens (including phenoxy) is 3. The Hall–Kier alpha value is -3.95. The van der Waals surface area contributed by atoms with Gasteiger partial charge in [0.2, 0.25) is 0 Å². The third-order valence-corrected chi connectivity index (χ3v) is 15.0. The number of carbonyl (C=O) groups is 1. The third kappa shape index (κ3) is 11.8. The molecule has 0 bridgehead atoms. The van der Waals surface area contributed by atoms with E-state index in [2.05, 4.69) is 64.1 Å². The number of esters is 1. The molecule has 0 aliphatic carbocycles. The van der Waals surface area contributed by atoms with Gasteiger partial charge in [-0.2, -0.15) is 0 Å². The molecule has 2 aliphatic rings. The fourth-order valence-corrected chi connectivity index (χ4v) is 11.2. The van der Waals surface area contributed by atoms with Gasteiger partial charge in [-0.05, 0) is 146 Å². The molecule has 4 atom stereocenters. The summed E-state index contributed by atoms with van der Waals surface area (Å²) in [5.41, 5.74) is 4.57. The van der Waals surface area contributed by atoms with Crippen molar-refractivity contribution in [3.05, 3.63) is 124 Å². The highest BCUT2D eigenvalue weighted by atomic mass is 32.1. The first kappa shape index (κ1) is 46.1. The zero-order chi connectivity index (χ0) is 43.4. The van der Waals surface area contributed by atoms with Crippen molar-refractivity contribution in [2.45, 2.75) is 136 Å². The molecule has 8 rings (SSSR count). The summed E-state index contributed by atoms with van der Waals surface area (Å²) >= 11 is 2.96. The van der Waals surface area contributed by atoms with Gasteiger partial charge >= 0.3 is 5.97 Å². The van der Waals surface area contributed by atoms with Gasteiger partial charge < -0.3 is 14.2 Å². The van der Waals surface area contributed by atoms with E-state index >= 15 is 8.78 Å². The molecule has 4 nitrogen and oxygen atoms in total. The Kier molecular flexibility index (Phi) is 16.8. The van der Waals surface area contributed by atoms with Crippen molar-refractivity contribution in [2.24, 2.45) is 11.8 Å². The van der Waals surface area contributed by atoms with Gasteiger partial charge in [0, 0.05) is 16.4 Å². The van der Waals surface area contributed by atoms with Gasteiger partial charge in [0.05, 0.1) is 33.8 Å². The molecule has 0 N–H and O–H groups in total. The SMILES string of the molecule is CCCCc1ccc(OC(=O)c2ccc3cc(C4CCC(CCC)CO4)sc3c2F)cc1.CCCc1ccc(-c2cc3ccc(CCC4CCC(CCC)OC4)c(F)c3s2)cc1. The van der Waals surface area contributed by atoms with E-state index in [1.807, 2.05) is 24.3 Å². The Morgan fingerprint density at radius 3 is 2.02 bits per heavy atom. The van der Waals surface area contributed by atoms with Crippen LogP contribution in [0.15, 0.2) is 84.9 Å². The van der Waals surface area contributed by atoms with Crippen LogP contribution in [-0.4, -0.2) is 25.3 Å². The lowest BCUT2D eigenvalue weighted by molar-refractivity contribution is -0.0218. The summed E-state index contributed by atoms with van der Waals surface area (Å²) in [4.78, 5) is 14.8. The van der Waals surface area contributed by atoms with E-state index in [1.165, 1.54) is 66.2 Å². The summed E-state index contributed by atoms with van der Waals surface area (Å²) < 4.78 is 49.3. The van der Waals surface area contributed by atoms with Gasteiger partial charge in [0.15, 0.2) is 5.82 Å². The molecule has 2 saturated heterocycles. The molecule has 2 fully saturated rings. The summed E-state index contributed by atoms with van der Waals surface area (Å²) in [7, 11) is 0. The summed E-state index contributed by atoms with van der Waals surface area (Å²) in [6.45, 7) is 10.4. The van der Waals surface area contributed by atoms with E-state index in [-0.39, 0.29) is 17.5 Å². The highest BCUT2D eigenvalue weighted by molar-refractivity contribution is 7.22. The third-order valence-electron chi connectivity index (χ3n) is 12.6. The second-order valence-corrected chi connectivity index (χ2v) is 19.6. The molecule has 0 spiro atoms. The van der Waals surface area contributed by atoms with Crippen LogP contribution in [0.25, 0.3) is 30.6 Å². The summed E-state index contributed by atoms with van der Waals surface area (Å²) in [6, 6.07) is 27.7. The fourth-order valence-electron chi connectivity index (χ4n) is 8.91. The zero-order valence-corrected chi connectivity index (χ0v) is 38.8. The second kappa shape index (κ2) is 22.6. The molecule has 0 amide bonds. The first-order chi connectivity index (χ1) is 30.3. The predicted octanol–water partition coefficient (Wildman–Crippen LogP) is 16.1. The molecule has 4 aromatic carbocycles.